The number of carbonyl (C=O) groups excluding carboxylic acids is 2. The number of rotatable bonds is 6. The summed E-state index contributed by atoms with van der Waals surface area (Å²) in [6, 6.07) is 5.22. The molecule has 0 atom stereocenters. The summed E-state index contributed by atoms with van der Waals surface area (Å²) in [6.45, 7) is 5.81. The van der Waals surface area contributed by atoms with Gasteiger partial charge in [0.1, 0.15) is 5.82 Å². The molecule has 1 aromatic heterocycles. The minimum Gasteiger partial charge on any atom is -0.352 e. The first kappa shape index (κ1) is 34.2. The van der Waals surface area contributed by atoms with Gasteiger partial charge < -0.3 is 15.6 Å². The number of benzene rings is 1. The number of halogens is 7. The molecule has 1 heterocycles. The molecule has 2 aliphatic carbocycles. The molecule has 2 amide bonds. The quantitative estimate of drug-likeness (QED) is 0.322. The lowest BCUT2D eigenvalue weighted by Crippen LogP contribution is -2.24. The first-order valence-electron chi connectivity index (χ1n) is 13.0. The second kappa shape index (κ2) is 15.7. The van der Waals surface area contributed by atoms with E-state index in [4.69, 9.17) is 0 Å². The van der Waals surface area contributed by atoms with Crippen LogP contribution in [0.1, 0.15) is 89.9 Å². The van der Waals surface area contributed by atoms with E-state index >= 15 is 0 Å². The number of nitrogens with zero attached hydrogens (tertiary/aromatic N) is 1. The Morgan fingerprint density at radius 1 is 0.923 bits per heavy atom. The number of hydrogen-bond acceptors (Lipinski definition) is 3. The number of hydrogen-bond donors (Lipinski definition) is 3. The largest absolute Gasteiger partial charge is 0.389 e. The van der Waals surface area contributed by atoms with Crippen LogP contribution in [0.25, 0.3) is 11.0 Å². The van der Waals surface area contributed by atoms with Crippen LogP contribution in [0.3, 0.4) is 0 Å². The normalized spacial score (nSPS) is 16.8. The van der Waals surface area contributed by atoms with Crippen molar-refractivity contribution in [3.63, 3.8) is 0 Å². The van der Waals surface area contributed by atoms with Crippen LogP contribution in [0.5, 0.6) is 0 Å². The van der Waals surface area contributed by atoms with E-state index in [1.54, 1.807) is 18.2 Å². The second-order valence-electron chi connectivity index (χ2n) is 9.11. The number of nitrogens with one attached hydrogen (secondary N) is 3. The van der Waals surface area contributed by atoms with Gasteiger partial charge in [0.25, 0.3) is 0 Å². The molecule has 0 radical (unpaired) electrons. The Balaban J connectivity index is 0.000000409. The van der Waals surface area contributed by atoms with E-state index in [1.807, 2.05) is 13.8 Å². The van der Waals surface area contributed by atoms with Gasteiger partial charge in [-0.1, -0.05) is 26.3 Å². The van der Waals surface area contributed by atoms with E-state index in [9.17, 15) is 40.3 Å². The van der Waals surface area contributed by atoms with Crippen LogP contribution in [0.2, 0.25) is 0 Å². The van der Waals surface area contributed by atoms with Crippen LogP contribution >= 0.6 is 0 Å². The zero-order valence-corrected chi connectivity index (χ0v) is 22.4. The van der Waals surface area contributed by atoms with Crippen molar-refractivity contribution in [3.8, 4) is 0 Å². The molecule has 2 saturated carbocycles. The molecule has 0 saturated heterocycles. The van der Waals surface area contributed by atoms with Gasteiger partial charge in [-0.05, 0) is 30.5 Å². The summed E-state index contributed by atoms with van der Waals surface area (Å²) in [6.07, 6.45) is -3.16. The van der Waals surface area contributed by atoms with Gasteiger partial charge in [0.05, 0.1) is 24.0 Å². The maximum absolute atomic E-state index is 12.2. The van der Waals surface area contributed by atoms with Gasteiger partial charge in [-0.15, -0.1) is 0 Å². The molecule has 2 aromatic rings. The number of aromatic nitrogens is 2. The highest BCUT2D eigenvalue weighted by Crippen LogP contribution is 2.40. The smallest absolute Gasteiger partial charge is 0.352 e. The number of H-pyrrole nitrogens is 1. The van der Waals surface area contributed by atoms with E-state index < -0.39 is 36.8 Å². The van der Waals surface area contributed by atoms with Gasteiger partial charge in [-0.3, -0.25) is 9.59 Å². The molecule has 0 aliphatic heterocycles. The maximum atomic E-state index is 12.2. The van der Waals surface area contributed by atoms with Gasteiger partial charge in [0, 0.05) is 45.6 Å². The van der Waals surface area contributed by atoms with Crippen molar-refractivity contribution in [1.82, 2.24) is 20.6 Å². The van der Waals surface area contributed by atoms with Crippen molar-refractivity contribution < 1.29 is 40.3 Å². The van der Waals surface area contributed by atoms with E-state index in [0.29, 0.717) is 24.2 Å². The Bertz CT molecular complexity index is 1020. The van der Waals surface area contributed by atoms with Crippen LogP contribution in [0.4, 0.5) is 30.7 Å². The molecule has 222 valence electrons. The summed E-state index contributed by atoms with van der Waals surface area (Å²) in [7, 11) is 0. The highest BCUT2D eigenvalue weighted by atomic mass is 19.4. The summed E-state index contributed by atoms with van der Waals surface area (Å²) in [5.74, 6) is -4.80. The number of imidazole rings is 1. The van der Waals surface area contributed by atoms with Gasteiger partial charge in [-0.2, -0.15) is 13.2 Å². The Morgan fingerprint density at radius 2 is 1.49 bits per heavy atom. The first-order valence-corrected chi connectivity index (χ1v) is 13.0. The molecule has 4 rings (SSSR count). The molecule has 0 spiro atoms. The predicted molar refractivity (Wildman–Crippen MR) is 134 cm³/mol. The number of amides is 2. The van der Waals surface area contributed by atoms with E-state index in [2.05, 4.69) is 20.6 Å². The van der Waals surface area contributed by atoms with Crippen LogP contribution in [0, 0.1) is 0 Å². The highest BCUT2D eigenvalue weighted by Gasteiger charge is 2.43. The molecule has 2 fully saturated rings. The minimum atomic E-state index is -4.34. The first-order chi connectivity index (χ1) is 18.1. The molecule has 1 aromatic carbocycles. The van der Waals surface area contributed by atoms with E-state index in [1.165, 1.54) is 6.92 Å². The average molecular weight is 571 g/mol. The molecule has 2 aliphatic rings. The van der Waals surface area contributed by atoms with Crippen molar-refractivity contribution in [1.29, 1.82) is 0 Å². The third-order valence-corrected chi connectivity index (χ3v) is 5.44. The molecule has 0 unspecified atom stereocenters. The third-order valence-electron chi connectivity index (χ3n) is 5.44. The third kappa shape index (κ3) is 16.0. The SMILES string of the molecule is CC.CC(=O)NCc1nc2ccc(CNC(=O)CCC(F)(F)F)cc2[nH]1.FC1(F)CC1.FC1(F)CCCCC1. The van der Waals surface area contributed by atoms with Gasteiger partial charge >= 0.3 is 6.18 Å². The molecular weight excluding hydrogens is 533 g/mol. The Hall–Kier alpha value is -2.86. The highest BCUT2D eigenvalue weighted by molar-refractivity contribution is 5.78. The van der Waals surface area contributed by atoms with Crippen molar-refractivity contribution in [2.75, 3.05) is 0 Å². The van der Waals surface area contributed by atoms with Crippen LogP contribution in [0.15, 0.2) is 18.2 Å². The number of carbonyl (C=O) groups is 2. The fraction of sp³-hybridized carbons (Fsp3) is 0.654. The number of aromatic amines is 1. The van der Waals surface area contributed by atoms with Crippen molar-refractivity contribution >= 4 is 22.8 Å². The summed E-state index contributed by atoms with van der Waals surface area (Å²) < 4.78 is 82.8. The fourth-order valence-corrected chi connectivity index (χ4v) is 3.22. The standard InChI is InChI=1S/C15H17F3N4O2.C6H10F2.C3H4F2.C2H6/c1-9(23)19-8-13-21-11-3-2-10(6-12(11)22-13)7-20-14(24)4-5-15(16,17)18;7-6(8)4-2-1-3-5-6;4-3(5)1-2-3;1-2/h2-3,6H,4-5,7-8H2,1H3,(H,19,23)(H,20,24)(H,21,22);1-5H2;1-2H2;1-2H3. The molecule has 39 heavy (non-hydrogen) atoms. The Labute approximate surface area is 223 Å². The monoisotopic (exact) mass is 570 g/mol. The average Bonchev–Trinajstić information content (AvgIpc) is 3.40. The predicted octanol–water partition coefficient (Wildman–Crippen LogP) is 7.19. The zero-order chi connectivity index (χ0) is 29.7. The topological polar surface area (TPSA) is 86.9 Å². The van der Waals surface area contributed by atoms with Crippen molar-refractivity contribution in [3.05, 3.63) is 29.6 Å². The lowest BCUT2D eigenvalue weighted by Gasteiger charge is -2.20. The van der Waals surface area contributed by atoms with E-state index in [0.717, 1.165) is 17.5 Å². The fourth-order valence-electron chi connectivity index (χ4n) is 3.22. The minimum absolute atomic E-state index is 0.118. The summed E-state index contributed by atoms with van der Waals surface area (Å²) in [4.78, 5) is 29.6. The van der Waals surface area contributed by atoms with Gasteiger partial charge in [-0.25, -0.2) is 22.5 Å². The second-order valence-corrected chi connectivity index (χ2v) is 9.11. The maximum Gasteiger partial charge on any atom is 0.389 e. The lowest BCUT2D eigenvalue weighted by atomic mass is 9.97. The van der Waals surface area contributed by atoms with Crippen LogP contribution < -0.4 is 10.6 Å². The molecule has 6 nitrogen and oxygen atoms in total. The van der Waals surface area contributed by atoms with Gasteiger partial charge in [0.2, 0.25) is 23.7 Å². The van der Waals surface area contributed by atoms with Gasteiger partial charge in [0.15, 0.2) is 0 Å². The van der Waals surface area contributed by atoms with E-state index in [-0.39, 0.29) is 44.7 Å². The number of alkyl halides is 7. The molecule has 3 N–H and O–H groups in total. The summed E-state index contributed by atoms with van der Waals surface area (Å²) in [5, 5.41) is 5.07. The number of fused-ring (bicyclic) bond motifs is 1. The molecule has 13 heteroatoms. The lowest BCUT2D eigenvalue weighted by molar-refractivity contribution is -0.144. The van der Waals surface area contributed by atoms with Crippen LogP contribution in [-0.4, -0.2) is 39.8 Å². The molecular formula is C26H37F7N4O2. The molecule has 0 bridgehead atoms. The van der Waals surface area contributed by atoms with Crippen molar-refractivity contribution in [2.24, 2.45) is 0 Å². The Kier molecular flexibility index (Phi) is 13.7. The van der Waals surface area contributed by atoms with Crippen molar-refractivity contribution in [2.45, 2.75) is 110 Å². The summed E-state index contributed by atoms with van der Waals surface area (Å²) in [5.41, 5.74) is 2.15. The summed E-state index contributed by atoms with van der Waals surface area (Å²) >= 11 is 0. The zero-order valence-electron chi connectivity index (χ0n) is 22.4. The van der Waals surface area contributed by atoms with Crippen LogP contribution in [-0.2, 0) is 22.7 Å². The Morgan fingerprint density at radius 3 is 1.95 bits per heavy atom.